The zero-order valence-electron chi connectivity index (χ0n) is 15.9. The Hall–Kier alpha value is -3.19. The molecule has 0 aliphatic rings. The van der Waals surface area contributed by atoms with Crippen molar-refractivity contribution in [2.75, 3.05) is 11.3 Å². The maximum Gasteiger partial charge on any atom is 0.261 e. The summed E-state index contributed by atoms with van der Waals surface area (Å²) in [5, 5.41) is 2.79. The first-order valence-electron chi connectivity index (χ1n) is 9.06. The summed E-state index contributed by atoms with van der Waals surface area (Å²) in [6.07, 6.45) is 0.561. The average molecular weight is 412 g/mol. The fourth-order valence-corrected chi connectivity index (χ4v) is 3.89. The third-order valence-electron chi connectivity index (χ3n) is 4.41. The summed E-state index contributed by atoms with van der Waals surface area (Å²) in [6.45, 7) is 2.14. The Morgan fingerprint density at radius 2 is 1.66 bits per heavy atom. The van der Waals surface area contributed by atoms with Crippen molar-refractivity contribution in [3.05, 3.63) is 95.3 Å². The molecule has 0 fully saturated rings. The van der Waals surface area contributed by atoms with Gasteiger partial charge in [0, 0.05) is 12.1 Å². The molecule has 0 unspecified atom stereocenters. The van der Waals surface area contributed by atoms with Gasteiger partial charge in [-0.1, -0.05) is 36.4 Å². The number of benzene rings is 3. The zero-order chi connectivity index (χ0) is 20.9. The van der Waals surface area contributed by atoms with Crippen molar-refractivity contribution in [2.24, 2.45) is 0 Å². The number of nitrogens with one attached hydrogen (secondary N) is 2. The maximum atomic E-state index is 12.9. The highest BCUT2D eigenvalue weighted by molar-refractivity contribution is 7.92. The average Bonchev–Trinajstić information content (AvgIpc) is 2.71. The summed E-state index contributed by atoms with van der Waals surface area (Å²) in [7, 11) is -3.75. The number of amides is 1. The predicted molar refractivity (Wildman–Crippen MR) is 111 cm³/mol. The van der Waals surface area contributed by atoms with Crippen LogP contribution in [0.4, 0.5) is 10.1 Å². The molecule has 0 aliphatic carbocycles. The lowest BCUT2D eigenvalue weighted by Gasteiger charge is -2.12. The lowest BCUT2D eigenvalue weighted by molar-refractivity contribution is 0.0954. The quantitative estimate of drug-likeness (QED) is 0.618. The lowest BCUT2D eigenvalue weighted by atomic mass is 10.1. The van der Waals surface area contributed by atoms with Crippen molar-refractivity contribution in [2.45, 2.75) is 18.2 Å². The predicted octanol–water partition coefficient (Wildman–Crippen LogP) is 3.91. The van der Waals surface area contributed by atoms with Crippen LogP contribution in [0.1, 0.15) is 21.5 Å². The summed E-state index contributed by atoms with van der Waals surface area (Å²) in [5.74, 6) is -0.616. The van der Waals surface area contributed by atoms with Crippen molar-refractivity contribution in [1.29, 1.82) is 0 Å². The first-order chi connectivity index (χ1) is 13.8. The second kappa shape index (κ2) is 8.87. The molecule has 0 spiro atoms. The topological polar surface area (TPSA) is 75.3 Å². The molecule has 0 aliphatic heterocycles. The van der Waals surface area contributed by atoms with Gasteiger partial charge < -0.3 is 5.32 Å². The van der Waals surface area contributed by atoms with Gasteiger partial charge in [-0.2, -0.15) is 0 Å². The van der Waals surface area contributed by atoms with Crippen LogP contribution in [0.25, 0.3) is 0 Å². The van der Waals surface area contributed by atoms with Crippen LogP contribution in [0, 0.1) is 12.7 Å². The lowest BCUT2D eigenvalue weighted by Crippen LogP contribution is -2.26. The van der Waals surface area contributed by atoms with Gasteiger partial charge in [0.1, 0.15) is 5.82 Å². The van der Waals surface area contributed by atoms with Gasteiger partial charge in [0.2, 0.25) is 0 Å². The van der Waals surface area contributed by atoms with Crippen LogP contribution in [-0.4, -0.2) is 20.9 Å². The molecule has 3 rings (SSSR count). The van der Waals surface area contributed by atoms with Crippen molar-refractivity contribution in [3.63, 3.8) is 0 Å². The molecule has 2 N–H and O–H groups in total. The summed E-state index contributed by atoms with van der Waals surface area (Å²) >= 11 is 0. The van der Waals surface area contributed by atoms with E-state index in [1.807, 2.05) is 0 Å². The number of hydrogen-bond acceptors (Lipinski definition) is 3. The number of carbonyl (C=O) groups excluding carboxylic acids is 1. The molecular weight excluding hydrogens is 391 g/mol. The molecule has 0 atom stereocenters. The molecule has 29 heavy (non-hydrogen) atoms. The van der Waals surface area contributed by atoms with Crippen molar-refractivity contribution in [3.8, 4) is 0 Å². The van der Waals surface area contributed by atoms with E-state index in [4.69, 9.17) is 0 Å². The number of anilines is 1. The molecule has 1 amide bonds. The Morgan fingerprint density at radius 3 is 2.34 bits per heavy atom. The highest BCUT2D eigenvalue weighted by Gasteiger charge is 2.16. The largest absolute Gasteiger partial charge is 0.352 e. The van der Waals surface area contributed by atoms with Gasteiger partial charge in [0.05, 0.1) is 10.6 Å². The fraction of sp³-hybridized carbons (Fsp3) is 0.136. The minimum atomic E-state index is -3.75. The SMILES string of the molecule is Cc1ccc(C(=O)NCCc2ccc(F)cc2)cc1NS(=O)(=O)c1ccccc1. The van der Waals surface area contributed by atoms with E-state index in [1.54, 1.807) is 49.4 Å². The second-order valence-electron chi connectivity index (χ2n) is 6.58. The zero-order valence-corrected chi connectivity index (χ0v) is 16.7. The van der Waals surface area contributed by atoms with Crippen LogP contribution in [-0.2, 0) is 16.4 Å². The first-order valence-corrected chi connectivity index (χ1v) is 10.5. The third kappa shape index (κ3) is 5.42. The molecule has 7 heteroatoms. The maximum absolute atomic E-state index is 12.9. The van der Waals surface area contributed by atoms with Gasteiger partial charge >= 0.3 is 0 Å². The molecule has 3 aromatic carbocycles. The van der Waals surface area contributed by atoms with Crippen LogP contribution in [0.3, 0.4) is 0 Å². The van der Waals surface area contributed by atoms with E-state index in [9.17, 15) is 17.6 Å². The first kappa shape index (κ1) is 20.5. The number of sulfonamides is 1. The number of rotatable bonds is 7. The number of hydrogen-bond donors (Lipinski definition) is 2. The molecule has 5 nitrogen and oxygen atoms in total. The van der Waals surface area contributed by atoms with E-state index in [-0.39, 0.29) is 16.6 Å². The fourth-order valence-electron chi connectivity index (χ4n) is 2.75. The van der Waals surface area contributed by atoms with E-state index in [2.05, 4.69) is 10.0 Å². The smallest absolute Gasteiger partial charge is 0.261 e. The highest BCUT2D eigenvalue weighted by atomic mass is 32.2. The Balaban J connectivity index is 1.68. The Labute approximate surface area is 169 Å². The van der Waals surface area contributed by atoms with Gasteiger partial charge in [0.15, 0.2) is 0 Å². The standard InChI is InChI=1S/C22H21FN2O3S/c1-16-7-10-18(22(26)24-14-13-17-8-11-19(23)12-9-17)15-21(16)25-29(27,28)20-5-3-2-4-6-20/h2-12,15,25H,13-14H2,1H3,(H,24,26). The van der Waals surface area contributed by atoms with Gasteiger partial charge in [0.25, 0.3) is 15.9 Å². The number of carbonyl (C=O) groups is 1. The summed E-state index contributed by atoms with van der Waals surface area (Å²) in [4.78, 5) is 12.6. The molecule has 0 bridgehead atoms. The molecule has 0 radical (unpaired) electrons. The Kier molecular flexibility index (Phi) is 6.29. The minimum absolute atomic E-state index is 0.147. The van der Waals surface area contributed by atoms with E-state index >= 15 is 0 Å². The van der Waals surface area contributed by atoms with Gasteiger partial charge in [-0.05, 0) is 60.9 Å². The summed E-state index contributed by atoms with van der Waals surface area (Å²) in [5.41, 5.74) is 2.31. The van der Waals surface area contributed by atoms with Crippen LogP contribution < -0.4 is 10.0 Å². The van der Waals surface area contributed by atoms with Crippen LogP contribution in [0.15, 0.2) is 77.7 Å². The van der Waals surface area contributed by atoms with E-state index in [0.29, 0.717) is 29.8 Å². The third-order valence-corrected chi connectivity index (χ3v) is 5.79. The number of aryl methyl sites for hydroxylation is 1. The van der Waals surface area contributed by atoms with E-state index in [1.165, 1.54) is 30.3 Å². The molecule has 0 saturated heterocycles. The van der Waals surface area contributed by atoms with E-state index < -0.39 is 10.0 Å². The second-order valence-corrected chi connectivity index (χ2v) is 8.26. The molecular formula is C22H21FN2O3S. The van der Waals surface area contributed by atoms with E-state index in [0.717, 1.165) is 5.56 Å². The van der Waals surface area contributed by atoms with Crippen LogP contribution in [0.5, 0.6) is 0 Å². The Morgan fingerprint density at radius 1 is 0.966 bits per heavy atom. The highest BCUT2D eigenvalue weighted by Crippen LogP contribution is 2.21. The Bertz CT molecular complexity index is 1100. The van der Waals surface area contributed by atoms with Gasteiger partial charge in [-0.15, -0.1) is 0 Å². The monoisotopic (exact) mass is 412 g/mol. The number of halogens is 1. The van der Waals surface area contributed by atoms with Crippen molar-refractivity contribution in [1.82, 2.24) is 5.32 Å². The van der Waals surface area contributed by atoms with Gasteiger partial charge in [-0.25, -0.2) is 12.8 Å². The normalized spacial score (nSPS) is 11.1. The molecule has 0 aromatic heterocycles. The molecule has 150 valence electrons. The van der Waals surface area contributed by atoms with Gasteiger partial charge in [-0.3, -0.25) is 9.52 Å². The molecule has 3 aromatic rings. The molecule has 0 heterocycles. The van der Waals surface area contributed by atoms with Crippen LogP contribution in [0.2, 0.25) is 0 Å². The van der Waals surface area contributed by atoms with Crippen molar-refractivity contribution < 1.29 is 17.6 Å². The summed E-state index contributed by atoms with van der Waals surface area (Å²) in [6, 6.07) is 19.0. The molecule has 0 saturated carbocycles. The minimum Gasteiger partial charge on any atom is -0.352 e. The van der Waals surface area contributed by atoms with Crippen molar-refractivity contribution >= 4 is 21.6 Å². The van der Waals surface area contributed by atoms with Crippen LogP contribution >= 0.6 is 0 Å². The summed E-state index contributed by atoms with van der Waals surface area (Å²) < 4.78 is 40.6.